The number of hydrogen-bond acceptors (Lipinski definition) is 3. The fourth-order valence-corrected chi connectivity index (χ4v) is 2.35. The Morgan fingerprint density at radius 3 is 2.36 bits per heavy atom. The molecule has 0 amide bonds. The second-order valence-corrected chi connectivity index (χ2v) is 5.15. The van der Waals surface area contributed by atoms with Crippen LogP contribution < -0.4 is 5.73 Å². The van der Waals surface area contributed by atoms with Crippen LogP contribution in [0, 0.1) is 0 Å². The Morgan fingerprint density at radius 1 is 1.29 bits per heavy atom. The van der Waals surface area contributed by atoms with Crippen molar-refractivity contribution < 1.29 is 8.42 Å². The van der Waals surface area contributed by atoms with Gasteiger partial charge in [-0.1, -0.05) is 24.8 Å². The van der Waals surface area contributed by atoms with Crippen LogP contribution in [0.4, 0.5) is 0 Å². The zero-order valence-corrected chi connectivity index (χ0v) is 8.63. The third-order valence-electron chi connectivity index (χ3n) is 1.79. The minimum absolute atomic E-state index is 0.0202. The largest absolute Gasteiger partial charge is 0.402 e. The molecule has 4 heteroatoms. The molecular formula is C10H13NO2S. The Kier molecular flexibility index (Phi) is 3.30. The van der Waals surface area contributed by atoms with E-state index in [1.807, 2.05) is 0 Å². The maximum absolute atomic E-state index is 11.6. The molecule has 0 aliphatic rings. The number of hydrogen-bond donors (Lipinski definition) is 1. The summed E-state index contributed by atoms with van der Waals surface area (Å²) in [5.74, 6) is 0.0202. The molecule has 1 rings (SSSR count). The summed E-state index contributed by atoms with van der Waals surface area (Å²) >= 11 is 0. The van der Waals surface area contributed by atoms with E-state index in [1.165, 1.54) is 0 Å². The molecule has 14 heavy (non-hydrogen) atoms. The maximum Gasteiger partial charge on any atom is 0.178 e. The number of allylic oxidation sites excluding steroid dienone is 1. The molecule has 0 radical (unpaired) electrons. The Balaban J connectivity index is 2.82. The molecule has 0 saturated heterocycles. The normalized spacial score (nSPS) is 11.1. The Labute approximate surface area is 84.2 Å². The van der Waals surface area contributed by atoms with Gasteiger partial charge in [-0.15, -0.1) is 0 Å². The molecule has 0 unspecified atom stereocenters. The monoisotopic (exact) mass is 211 g/mol. The molecule has 3 nitrogen and oxygen atoms in total. The number of nitrogens with two attached hydrogens (primary N) is 1. The first-order chi connectivity index (χ1) is 6.52. The van der Waals surface area contributed by atoms with E-state index in [0.717, 1.165) is 0 Å². The lowest BCUT2D eigenvalue weighted by atomic mass is 10.4. The van der Waals surface area contributed by atoms with Gasteiger partial charge in [0, 0.05) is 12.1 Å². The molecular weight excluding hydrogens is 198 g/mol. The number of rotatable bonds is 4. The van der Waals surface area contributed by atoms with Crippen molar-refractivity contribution in [2.45, 2.75) is 11.3 Å². The van der Waals surface area contributed by atoms with Crippen LogP contribution in [0.1, 0.15) is 6.42 Å². The maximum atomic E-state index is 11.6. The molecule has 0 aliphatic heterocycles. The molecule has 0 aliphatic carbocycles. The van der Waals surface area contributed by atoms with Crippen molar-refractivity contribution in [3.05, 3.63) is 42.6 Å². The van der Waals surface area contributed by atoms with Crippen molar-refractivity contribution in [3.63, 3.8) is 0 Å². The second kappa shape index (κ2) is 4.28. The lowest BCUT2D eigenvalue weighted by Gasteiger charge is -2.03. The van der Waals surface area contributed by atoms with Crippen molar-refractivity contribution in [1.82, 2.24) is 0 Å². The molecule has 0 heterocycles. The third kappa shape index (κ3) is 2.88. The van der Waals surface area contributed by atoms with Gasteiger partial charge in [0.1, 0.15) is 0 Å². The summed E-state index contributed by atoms with van der Waals surface area (Å²) in [5, 5.41) is 0. The van der Waals surface area contributed by atoms with Crippen LogP contribution >= 0.6 is 0 Å². The molecule has 1 aromatic rings. The Morgan fingerprint density at radius 2 is 1.86 bits per heavy atom. The van der Waals surface area contributed by atoms with Crippen molar-refractivity contribution >= 4 is 9.84 Å². The zero-order valence-electron chi connectivity index (χ0n) is 7.81. The summed E-state index contributed by atoms with van der Waals surface area (Å²) in [5.41, 5.74) is 5.71. The van der Waals surface area contributed by atoms with Crippen LogP contribution in [0.3, 0.4) is 0 Å². The van der Waals surface area contributed by atoms with Gasteiger partial charge in [-0.2, -0.15) is 0 Å². The lowest BCUT2D eigenvalue weighted by molar-refractivity contribution is 0.595. The van der Waals surface area contributed by atoms with Crippen molar-refractivity contribution in [3.8, 4) is 0 Å². The fraction of sp³-hybridized carbons (Fsp3) is 0.200. The van der Waals surface area contributed by atoms with Gasteiger partial charge in [0.2, 0.25) is 0 Å². The van der Waals surface area contributed by atoms with E-state index in [1.54, 1.807) is 30.3 Å². The minimum Gasteiger partial charge on any atom is -0.402 e. The molecule has 0 spiro atoms. The highest BCUT2D eigenvalue weighted by Gasteiger charge is 2.12. The molecule has 0 fully saturated rings. The molecule has 0 atom stereocenters. The molecule has 0 aromatic heterocycles. The van der Waals surface area contributed by atoms with Gasteiger partial charge in [0.15, 0.2) is 9.84 Å². The fourth-order valence-electron chi connectivity index (χ4n) is 1.01. The quantitative estimate of drug-likeness (QED) is 0.817. The first kappa shape index (κ1) is 10.8. The molecule has 0 saturated carbocycles. The molecule has 76 valence electrons. The predicted octanol–water partition coefficient (Wildman–Crippen LogP) is 1.32. The zero-order chi connectivity index (χ0) is 10.6. The Hall–Kier alpha value is -1.29. The summed E-state index contributed by atoms with van der Waals surface area (Å²) in [7, 11) is -3.20. The summed E-state index contributed by atoms with van der Waals surface area (Å²) in [4.78, 5) is 0.334. The summed E-state index contributed by atoms with van der Waals surface area (Å²) < 4.78 is 23.3. The van der Waals surface area contributed by atoms with E-state index >= 15 is 0 Å². The van der Waals surface area contributed by atoms with Crippen molar-refractivity contribution in [2.75, 3.05) is 5.75 Å². The van der Waals surface area contributed by atoms with Crippen LogP contribution in [-0.4, -0.2) is 14.2 Å². The minimum atomic E-state index is -3.20. The highest BCUT2D eigenvalue weighted by Crippen LogP contribution is 2.11. The second-order valence-electron chi connectivity index (χ2n) is 3.04. The van der Waals surface area contributed by atoms with Crippen LogP contribution in [0.15, 0.2) is 47.5 Å². The SMILES string of the molecule is C=C(N)CCS(=O)(=O)c1ccccc1. The van der Waals surface area contributed by atoms with Gasteiger partial charge in [-0.25, -0.2) is 8.42 Å². The first-order valence-corrected chi connectivity index (χ1v) is 5.88. The van der Waals surface area contributed by atoms with Crippen LogP contribution in [0.5, 0.6) is 0 Å². The molecule has 1 aromatic carbocycles. The van der Waals surface area contributed by atoms with Crippen LogP contribution in [0.2, 0.25) is 0 Å². The smallest absolute Gasteiger partial charge is 0.178 e. The van der Waals surface area contributed by atoms with E-state index in [-0.39, 0.29) is 5.75 Å². The number of sulfone groups is 1. The topological polar surface area (TPSA) is 60.2 Å². The van der Waals surface area contributed by atoms with Gasteiger partial charge in [-0.05, 0) is 12.1 Å². The van der Waals surface area contributed by atoms with E-state index in [9.17, 15) is 8.42 Å². The highest BCUT2D eigenvalue weighted by molar-refractivity contribution is 7.91. The van der Waals surface area contributed by atoms with Crippen molar-refractivity contribution in [1.29, 1.82) is 0 Å². The van der Waals surface area contributed by atoms with Gasteiger partial charge in [0.25, 0.3) is 0 Å². The standard InChI is InChI=1S/C10H13NO2S/c1-9(11)7-8-14(12,13)10-5-3-2-4-6-10/h2-6H,1,7-8,11H2. The first-order valence-electron chi connectivity index (χ1n) is 4.23. The summed E-state index contributed by atoms with van der Waals surface area (Å²) in [6.45, 7) is 3.47. The van der Waals surface area contributed by atoms with E-state index in [4.69, 9.17) is 5.73 Å². The average molecular weight is 211 g/mol. The Bertz CT molecular complexity index is 409. The van der Waals surface area contributed by atoms with Gasteiger partial charge < -0.3 is 5.73 Å². The van der Waals surface area contributed by atoms with E-state index in [2.05, 4.69) is 6.58 Å². The van der Waals surface area contributed by atoms with Gasteiger partial charge in [-0.3, -0.25) is 0 Å². The van der Waals surface area contributed by atoms with Crippen LogP contribution in [-0.2, 0) is 9.84 Å². The summed E-state index contributed by atoms with van der Waals surface area (Å²) in [6, 6.07) is 8.33. The van der Waals surface area contributed by atoms with E-state index < -0.39 is 9.84 Å². The predicted molar refractivity (Wildman–Crippen MR) is 56.4 cm³/mol. The average Bonchev–Trinajstić information content (AvgIpc) is 2.16. The van der Waals surface area contributed by atoms with Gasteiger partial charge >= 0.3 is 0 Å². The third-order valence-corrected chi connectivity index (χ3v) is 3.53. The van der Waals surface area contributed by atoms with E-state index in [0.29, 0.717) is 17.0 Å². The lowest BCUT2D eigenvalue weighted by Crippen LogP contribution is -2.09. The van der Waals surface area contributed by atoms with Crippen molar-refractivity contribution in [2.24, 2.45) is 5.73 Å². The highest BCUT2D eigenvalue weighted by atomic mass is 32.2. The van der Waals surface area contributed by atoms with Crippen LogP contribution in [0.25, 0.3) is 0 Å². The molecule has 2 N–H and O–H groups in total. The summed E-state index contributed by atoms with van der Waals surface area (Å²) in [6.07, 6.45) is 0.303. The molecule has 0 bridgehead atoms. The van der Waals surface area contributed by atoms with Gasteiger partial charge in [0.05, 0.1) is 10.6 Å². The number of benzene rings is 1.